The van der Waals surface area contributed by atoms with Crippen LogP contribution in [0.15, 0.2) is 30.3 Å². The van der Waals surface area contributed by atoms with Crippen LogP contribution < -0.4 is 0 Å². The van der Waals surface area contributed by atoms with E-state index in [1.165, 1.54) is 23.5 Å². The van der Waals surface area contributed by atoms with Gasteiger partial charge in [-0.3, -0.25) is 4.79 Å². The van der Waals surface area contributed by atoms with Crippen molar-refractivity contribution in [2.45, 2.75) is 6.54 Å². The number of hydrogen-bond acceptors (Lipinski definition) is 3. The molecule has 6 heteroatoms. The summed E-state index contributed by atoms with van der Waals surface area (Å²) in [5.74, 6) is -0.197. The highest BCUT2D eigenvalue weighted by Crippen LogP contribution is 2.25. The zero-order chi connectivity index (χ0) is 14.0. The van der Waals surface area contributed by atoms with Crippen LogP contribution in [0.2, 0.25) is 9.36 Å². The number of aromatic hydroxyl groups is 1. The highest BCUT2D eigenvalue weighted by atomic mass is 35.5. The van der Waals surface area contributed by atoms with Crippen molar-refractivity contribution in [1.82, 2.24) is 4.90 Å². The first-order valence-corrected chi connectivity index (χ1v) is 7.03. The monoisotopic (exact) mass is 315 g/mol. The van der Waals surface area contributed by atoms with Gasteiger partial charge in [0, 0.05) is 17.5 Å². The van der Waals surface area contributed by atoms with Crippen molar-refractivity contribution in [3.63, 3.8) is 0 Å². The summed E-state index contributed by atoms with van der Waals surface area (Å²) in [7, 11) is 1.71. The van der Waals surface area contributed by atoms with E-state index in [9.17, 15) is 9.90 Å². The van der Waals surface area contributed by atoms with Gasteiger partial charge in [0.05, 0.1) is 15.9 Å². The first-order valence-electron chi connectivity index (χ1n) is 5.45. The fraction of sp³-hybridized carbons (Fsp3) is 0.154. The Labute approximate surface area is 125 Å². The SMILES string of the molecule is CN(Cc1ccc(Cl)s1)C(=O)c1ccc(O)c(Cl)c1. The van der Waals surface area contributed by atoms with E-state index in [0.717, 1.165) is 4.88 Å². The van der Waals surface area contributed by atoms with Gasteiger partial charge in [-0.05, 0) is 30.3 Å². The molecule has 1 N–H and O–H groups in total. The number of benzene rings is 1. The molecule has 1 heterocycles. The van der Waals surface area contributed by atoms with Crippen molar-refractivity contribution >= 4 is 40.4 Å². The van der Waals surface area contributed by atoms with Crippen LogP contribution in [0.1, 0.15) is 15.2 Å². The quantitative estimate of drug-likeness (QED) is 0.928. The van der Waals surface area contributed by atoms with E-state index >= 15 is 0 Å². The molecule has 0 bridgehead atoms. The molecule has 0 fully saturated rings. The molecule has 0 aliphatic heterocycles. The maximum Gasteiger partial charge on any atom is 0.253 e. The number of rotatable bonds is 3. The third kappa shape index (κ3) is 3.41. The molecule has 0 atom stereocenters. The third-order valence-electron chi connectivity index (χ3n) is 2.56. The highest BCUT2D eigenvalue weighted by molar-refractivity contribution is 7.16. The molecule has 2 rings (SSSR count). The fourth-order valence-corrected chi connectivity index (χ4v) is 2.92. The minimum absolute atomic E-state index is 0.0362. The van der Waals surface area contributed by atoms with Crippen molar-refractivity contribution in [3.8, 4) is 5.75 Å². The van der Waals surface area contributed by atoms with Crippen LogP contribution in [0, 0.1) is 0 Å². The summed E-state index contributed by atoms with van der Waals surface area (Å²) < 4.78 is 0.698. The van der Waals surface area contributed by atoms with E-state index in [0.29, 0.717) is 16.4 Å². The molecule has 0 aliphatic rings. The molecule has 0 unspecified atom stereocenters. The lowest BCUT2D eigenvalue weighted by Gasteiger charge is -2.16. The number of phenols is 1. The van der Waals surface area contributed by atoms with Crippen molar-refractivity contribution in [2.75, 3.05) is 7.05 Å². The summed E-state index contributed by atoms with van der Waals surface area (Å²) in [6.45, 7) is 0.481. The summed E-state index contributed by atoms with van der Waals surface area (Å²) in [6, 6.07) is 8.10. The number of hydrogen-bond donors (Lipinski definition) is 1. The number of halogens is 2. The van der Waals surface area contributed by atoms with Crippen molar-refractivity contribution in [3.05, 3.63) is 50.1 Å². The van der Waals surface area contributed by atoms with Crippen LogP contribution in [0.4, 0.5) is 0 Å². The number of phenolic OH excluding ortho intramolecular Hbond substituents is 1. The van der Waals surface area contributed by atoms with Crippen molar-refractivity contribution in [1.29, 1.82) is 0 Å². The van der Waals surface area contributed by atoms with Gasteiger partial charge in [-0.1, -0.05) is 23.2 Å². The van der Waals surface area contributed by atoms with Crippen LogP contribution in [0.5, 0.6) is 5.75 Å². The molecule has 0 spiro atoms. The van der Waals surface area contributed by atoms with Gasteiger partial charge in [-0.2, -0.15) is 0 Å². The Kier molecular flexibility index (Phi) is 4.34. The van der Waals surface area contributed by atoms with Crippen LogP contribution in [-0.2, 0) is 6.54 Å². The molecule has 0 saturated carbocycles. The lowest BCUT2D eigenvalue weighted by atomic mass is 10.2. The van der Waals surface area contributed by atoms with Crippen molar-refractivity contribution in [2.24, 2.45) is 0 Å². The third-order valence-corrected chi connectivity index (χ3v) is 4.08. The summed E-state index contributed by atoms with van der Waals surface area (Å²) in [6.07, 6.45) is 0. The van der Waals surface area contributed by atoms with E-state index in [1.807, 2.05) is 6.07 Å². The minimum Gasteiger partial charge on any atom is -0.506 e. The summed E-state index contributed by atoms with van der Waals surface area (Å²) in [4.78, 5) is 14.8. The maximum absolute atomic E-state index is 12.2. The second-order valence-corrected chi connectivity index (χ2v) is 6.24. The Morgan fingerprint density at radius 1 is 1.32 bits per heavy atom. The average molecular weight is 316 g/mol. The van der Waals surface area contributed by atoms with Crippen molar-refractivity contribution < 1.29 is 9.90 Å². The first kappa shape index (κ1) is 14.2. The van der Waals surface area contributed by atoms with E-state index in [4.69, 9.17) is 23.2 Å². The van der Waals surface area contributed by atoms with Gasteiger partial charge in [0.25, 0.3) is 5.91 Å². The van der Waals surface area contributed by atoms with Crippen LogP contribution in [0.25, 0.3) is 0 Å². The molecule has 19 heavy (non-hydrogen) atoms. The zero-order valence-electron chi connectivity index (χ0n) is 10.1. The molecular weight excluding hydrogens is 305 g/mol. The van der Waals surface area contributed by atoms with Gasteiger partial charge < -0.3 is 10.0 Å². The normalized spacial score (nSPS) is 10.5. The first-order chi connectivity index (χ1) is 8.97. The Morgan fingerprint density at radius 2 is 2.05 bits per heavy atom. The summed E-state index contributed by atoms with van der Waals surface area (Å²) in [5, 5.41) is 9.50. The predicted molar refractivity (Wildman–Crippen MR) is 78.2 cm³/mol. The molecule has 1 aromatic carbocycles. The van der Waals surface area contributed by atoms with Gasteiger partial charge in [-0.25, -0.2) is 0 Å². The Bertz CT molecular complexity index is 612. The lowest BCUT2D eigenvalue weighted by molar-refractivity contribution is 0.0786. The lowest BCUT2D eigenvalue weighted by Crippen LogP contribution is -2.25. The molecule has 0 aliphatic carbocycles. The predicted octanol–water partition coefficient (Wildman–Crippen LogP) is 4.03. The molecule has 1 aromatic heterocycles. The Hall–Kier alpha value is -1.23. The number of nitrogens with zero attached hydrogens (tertiary/aromatic N) is 1. The second-order valence-electron chi connectivity index (χ2n) is 4.03. The summed E-state index contributed by atoms with van der Waals surface area (Å²) in [5.41, 5.74) is 0.438. The molecule has 0 radical (unpaired) electrons. The Balaban J connectivity index is 2.12. The van der Waals surface area contributed by atoms with E-state index in [1.54, 1.807) is 24.1 Å². The molecule has 0 saturated heterocycles. The maximum atomic E-state index is 12.2. The van der Waals surface area contributed by atoms with E-state index in [-0.39, 0.29) is 16.7 Å². The Morgan fingerprint density at radius 3 is 2.63 bits per heavy atom. The topological polar surface area (TPSA) is 40.5 Å². The van der Waals surface area contributed by atoms with Crippen LogP contribution >= 0.6 is 34.5 Å². The number of carbonyl (C=O) groups is 1. The second kappa shape index (κ2) is 5.82. The van der Waals surface area contributed by atoms with Gasteiger partial charge in [0.15, 0.2) is 0 Å². The van der Waals surface area contributed by atoms with Gasteiger partial charge >= 0.3 is 0 Å². The molecular formula is C13H11Cl2NO2S. The van der Waals surface area contributed by atoms with Gasteiger partial charge in [-0.15, -0.1) is 11.3 Å². The number of thiophene rings is 1. The fourth-order valence-electron chi connectivity index (χ4n) is 1.60. The number of carbonyl (C=O) groups excluding carboxylic acids is 1. The summed E-state index contributed by atoms with van der Waals surface area (Å²) >= 11 is 13.1. The van der Waals surface area contributed by atoms with Crippen LogP contribution in [0.3, 0.4) is 0 Å². The van der Waals surface area contributed by atoms with Crippen LogP contribution in [-0.4, -0.2) is 23.0 Å². The smallest absolute Gasteiger partial charge is 0.253 e. The standard InChI is InChI=1S/C13H11Cl2NO2S/c1-16(7-9-3-5-12(15)19-9)13(18)8-2-4-11(17)10(14)6-8/h2-6,17H,7H2,1H3. The molecule has 3 nitrogen and oxygen atoms in total. The molecule has 1 amide bonds. The highest BCUT2D eigenvalue weighted by Gasteiger charge is 2.14. The van der Waals surface area contributed by atoms with E-state index < -0.39 is 0 Å². The minimum atomic E-state index is -0.161. The molecule has 2 aromatic rings. The molecule has 100 valence electrons. The van der Waals surface area contributed by atoms with E-state index in [2.05, 4.69) is 0 Å². The number of amides is 1. The van der Waals surface area contributed by atoms with Gasteiger partial charge in [0.1, 0.15) is 5.75 Å². The average Bonchev–Trinajstić information content (AvgIpc) is 2.77. The largest absolute Gasteiger partial charge is 0.506 e. The zero-order valence-corrected chi connectivity index (χ0v) is 12.4. The van der Waals surface area contributed by atoms with Gasteiger partial charge in [0.2, 0.25) is 0 Å².